The molecule has 0 aliphatic heterocycles. The minimum atomic E-state index is -2.82. The van der Waals surface area contributed by atoms with Gasteiger partial charge in [-0.15, -0.1) is 20.2 Å². The molecule has 0 fully saturated rings. The molecule has 3 rings (SSSR count). The molecule has 0 saturated heterocycles. The minimum absolute atomic E-state index is 0.0289. The lowest BCUT2D eigenvalue weighted by molar-refractivity contribution is -0.839. The quantitative estimate of drug-likeness (QED) is 0.146. The number of aromatic nitrogens is 2. The van der Waals surface area contributed by atoms with Gasteiger partial charge in [-0.3, -0.25) is 14.4 Å². The van der Waals surface area contributed by atoms with Gasteiger partial charge in [0.25, 0.3) is 16.0 Å². The van der Waals surface area contributed by atoms with Crippen LogP contribution in [0.4, 0.5) is 0 Å². The van der Waals surface area contributed by atoms with Crippen LogP contribution >= 0.6 is 34.8 Å². The summed E-state index contributed by atoms with van der Waals surface area (Å²) in [4.78, 5) is 37.2. The van der Waals surface area contributed by atoms with Crippen molar-refractivity contribution >= 4 is 34.8 Å². The largest absolute Gasteiger partial charge is 0.439 e. The molecular weight excluding hydrogens is 559 g/mol. The first-order chi connectivity index (χ1) is 17.5. The summed E-state index contributed by atoms with van der Waals surface area (Å²) in [5.74, 6) is -4.83. The minimum Gasteiger partial charge on any atom is -0.439 e. The van der Waals surface area contributed by atoms with Gasteiger partial charge in [0.2, 0.25) is 6.23 Å². The lowest BCUT2D eigenvalue weighted by Gasteiger charge is -2.42. The monoisotopic (exact) mass is 576 g/mol. The van der Waals surface area contributed by atoms with Crippen molar-refractivity contribution in [1.29, 1.82) is 0 Å². The third-order valence-corrected chi connectivity index (χ3v) is 5.48. The summed E-state index contributed by atoms with van der Waals surface area (Å²) in [6, 6.07) is 9.77. The molecule has 0 aliphatic carbocycles. The van der Waals surface area contributed by atoms with E-state index in [1.807, 2.05) is 0 Å². The normalized spacial score (nSPS) is 15.2. The molecule has 1 heterocycles. The molecule has 3 aromatic rings. The van der Waals surface area contributed by atoms with Gasteiger partial charge in [-0.1, -0.05) is 40.9 Å². The fourth-order valence-electron chi connectivity index (χ4n) is 3.38. The van der Waals surface area contributed by atoms with E-state index >= 15 is 0 Å². The molecule has 0 radical (unpaired) electrons. The summed E-state index contributed by atoms with van der Waals surface area (Å²) in [6.45, 7) is 2.84. The van der Waals surface area contributed by atoms with Crippen molar-refractivity contribution < 1.29 is 34.1 Å². The van der Waals surface area contributed by atoms with Crippen molar-refractivity contribution in [1.82, 2.24) is 9.55 Å². The molecule has 3 unspecified atom stereocenters. The van der Waals surface area contributed by atoms with Gasteiger partial charge in [-0.2, -0.15) is 0 Å². The first-order valence-electron chi connectivity index (χ1n) is 10.3. The molecule has 0 spiro atoms. The first-order valence-corrected chi connectivity index (χ1v) is 11.5. The van der Waals surface area contributed by atoms with Crippen molar-refractivity contribution in [3.05, 3.63) is 102 Å². The Balaban J connectivity index is 2.28. The highest BCUT2D eigenvalue weighted by atomic mass is 35.5. The van der Waals surface area contributed by atoms with Gasteiger partial charge >= 0.3 is 5.97 Å². The van der Waals surface area contributed by atoms with E-state index in [1.165, 1.54) is 61.8 Å². The van der Waals surface area contributed by atoms with E-state index in [1.54, 1.807) is 6.92 Å². The Hall–Kier alpha value is -3.36. The number of hydrogen-bond acceptors (Lipinski definition) is 10. The lowest BCUT2D eigenvalue weighted by Crippen LogP contribution is -2.54. The van der Waals surface area contributed by atoms with Gasteiger partial charge in [-0.05, 0) is 43.3 Å². The van der Waals surface area contributed by atoms with E-state index in [2.05, 4.69) is 4.98 Å². The number of benzene rings is 2. The molecule has 2 aromatic carbocycles. The molecule has 37 heavy (non-hydrogen) atoms. The van der Waals surface area contributed by atoms with Gasteiger partial charge in [-0.25, -0.2) is 4.98 Å². The van der Waals surface area contributed by atoms with Crippen LogP contribution in [0.25, 0.3) is 0 Å². The molecule has 198 valence electrons. The van der Waals surface area contributed by atoms with Gasteiger partial charge in [0.05, 0.1) is 18.0 Å². The number of ether oxygens (including phenoxy) is 3. The Morgan fingerprint density at radius 1 is 1.05 bits per heavy atom. The van der Waals surface area contributed by atoms with Crippen molar-refractivity contribution in [2.75, 3.05) is 6.61 Å². The van der Waals surface area contributed by atoms with Crippen molar-refractivity contribution in [2.24, 2.45) is 0 Å². The Bertz CT molecular complexity index is 1230. The van der Waals surface area contributed by atoms with Crippen molar-refractivity contribution in [3.8, 4) is 5.75 Å². The molecule has 0 aliphatic rings. The molecule has 16 heteroatoms. The van der Waals surface area contributed by atoms with Crippen LogP contribution in [-0.4, -0.2) is 32.3 Å². The van der Waals surface area contributed by atoms with E-state index in [0.717, 1.165) is 10.9 Å². The van der Waals surface area contributed by atoms with E-state index < -0.39 is 28.2 Å². The number of hydrogen-bond donors (Lipinski definition) is 0. The summed E-state index contributed by atoms with van der Waals surface area (Å²) in [5.41, 5.74) is -0.276. The van der Waals surface area contributed by atoms with E-state index in [4.69, 9.17) is 58.7 Å². The highest BCUT2D eigenvalue weighted by molar-refractivity contribution is 6.35. The Morgan fingerprint density at radius 3 is 2.27 bits per heavy atom. The summed E-state index contributed by atoms with van der Waals surface area (Å²) in [7, 11) is 0. The summed E-state index contributed by atoms with van der Waals surface area (Å²) in [6.07, 6.45) is 1.54. The van der Waals surface area contributed by atoms with Gasteiger partial charge in [0.1, 0.15) is 5.75 Å². The topological polar surface area (TPSA) is 150 Å². The van der Waals surface area contributed by atoms with Crippen LogP contribution in [0.1, 0.15) is 25.6 Å². The molecular formula is C21H19Cl3N4O9. The zero-order valence-electron chi connectivity index (χ0n) is 19.2. The molecule has 3 atom stereocenters. The first kappa shape index (κ1) is 28.2. The molecule has 0 saturated carbocycles. The van der Waals surface area contributed by atoms with Crippen LogP contribution in [0.15, 0.2) is 61.2 Å². The van der Waals surface area contributed by atoms with Crippen LogP contribution in [-0.2, 0) is 24.9 Å². The molecule has 0 amide bonds. The fourth-order valence-corrected chi connectivity index (χ4v) is 4.04. The predicted octanol–water partition coefficient (Wildman–Crippen LogP) is 5.42. The van der Waals surface area contributed by atoms with Crippen molar-refractivity contribution in [2.45, 2.75) is 31.8 Å². The third kappa shape index (κ3) is 6.90. The number of imidazole rings is 1. The second kappa shape index (κ2) is 11.8. The number of halogens is 3. The highest BCUT2D eigenvalue weighted by Gasteiger charge is 2.56. The average molecular weight is 578 g/mol. The SMILES string of the molecule is CCOC(C)(Oc1ccc(Cl)cc1)OC(O[N+](=O)[O-])(c1ccc(Cl)cc1Cl)C(O[N+](=O)[O-])n1ccnc1. The van der Waals surface area contributed by atoms with Crippen LogP contribution in [0.3, 0.4) is 0 Å². The van der Waals surface area contributed by atoms with E-state index in [0.29, 0.717) is 5.02 Å². The van der Waals surface area contributed by atoms with Gasteiger partial charge in [0, 0.05) is 34.9 Å². The van der Waals surface area contributed by atoms with E-state index in [9.17, 15) is 20.2 Å². The number of nitrogens with zero attached hydrogens (tertiary/aromatic N) is 4. The maximum atomic E-state index is 11.9. The summed E-state index contributed by atoms with van der Waals surface area (Å²) >= 11 is 18.4. The lowest BCUT2D eigenvalue weighted by atomic mass is 10.0. The Morgan fingerprint density at radius 2 is 1.73 bits per heavy atom. The van der Waals surface area contributed by atoms with Crippen LogP contribution < -0.4 is 4.74 Å². The number of rotatable bonds is 13. The zero-order chi connectivity index (χ0) is 27.2. The van der Waals surface area contributed by atoms with Crippen LogP contribution in [0.5, 0.6) is 5.75 Å². The summed E-state index contributed by atoms with van der Waals surface area (Å²) in [5, 5.41) is 21.4. The Labute approximate surface area is 224 Å². The maximum absolute atomic E-state index is 11.9. The standard InChI is InChI=1S/C21H19Cl3N4O9/c1-3-33-20(2,34-16-7-4-14(22)5-8-16)36-21(37-28(31)32,17-9-6-15(23)12-18(17)24)19(35-27(29)30)26-11-10-25-13-26/h4-13,19H,3H2,1-2H3. The van der Waals surface area contributed by atoms with Crippen molar-refractivity contribution in [3.63, 3.8) is 0 Å². The van der Waals surface area contributed by atoms with Gasteiger partial charge in [0.15, 0.2) is 0 Å². The maximum Gasteiger partial charge on any atom is 0.326 e. The third-order valence-electron chi connectivity index (χ3n) is 4.68. The fraction of sp³-hybridized carbons (Fsp3) is 0.286. The zero-order valence-corrected chi connectivity index (χ0v) is 21.4. The smallest absolute Gasteiger partial charge is 0.326 e. The average Bonchev–Trinajstić information content (AvgIpc) is 3.33. The molecule has 13 nitrogen and oxygen atoms in total. The van der Waals surface area contributed by atoms with Gasteiger partial charge < -0.3 is 14.0 Å². The molecule has 0 N–H and O–H groups in total. The second-order valence-electron chi connectivity index (χ2n) is 7.25. The molecule has 0 bridgehead atoms. The van der Waals surface area contributed by atoms with Crippen LogP contribution in [0.2, 0.25) is 15.1 Å². The van der Waals surface area contributed by atoms with Crippen LogP contribution in [0, 0.1) is 20.2 Å². The highest BCUT2D eigenvalue weighted by Crippen LogP contribution is 2.46. The Kier molecular flexibility index (Phi) is 8.99. The molecule has 1 aromatic heterocycles. The summed E-state index contributed by atoms with van der Waals surface area (Å²) < 4.78 is 18.6. The predicted molar refractivity (Wildman–Crippen MR) is 129 cm³/mol. The van der Waals surface area contributed by atoms with E-state index in [-0.39, 0.29) is 28.0 Å². The second-order valence-corrected chi connectivity index (χ2v) is 8.53.